The van der Waals surface area contributed by atoms with Crippen molar-refractivity contribution in [3.05, 3.63) is 30.4 Å². The topological polar surface area (TPSA) is 77.1 Å². The summed E-state index contributed by atoms with van der Waals surface area (Å²) in [5.74, 6) is 1.40. The summed E-state index contributed by atoms with van der Waals surface area (Å²) < 4.78 is 7.07. The van der Waals surface area contributed by atoms with Gasteiger partial charge in [-0.05, 0) is 12.8 Å². The van der Waals surface area contributed by atoms with Crippen molar-refractivity contribution < 1.29 is 9.32 Å². The van der Waals surface area contributed by atoms with E-state index in [9.17, 15) is 4.79 Å². The van der Waals surface area contributed by atoms with Gasteiger partial charge in [-0.3, -0.25) is 4.79 Å². The Morgan fingerprint density at radius 1 is 1.52 bits per heavy atom. The van der Waals surface area contributed by atoms with Crippen molar-refractivity contribution in [1.29, 1.82) is 0 Å². The predicted octanol–water partition coefficient (Wildman–Crippen LogP) is 1.58. The smallest absolute Gasteiger partial charge is 0.226 e. The van der Waals surface area contributed by atoms with Crippen LogP contribution in [0.25, 0.3) is 0 Å². The van der Waals surface area contributed by atoms with E-state index in [0.717, 1.165) is 19.4 Å². The Balaban J connectivity index is 1.64. The summed E-state index contributed by atoms with van der Waals surface area (Å²) in [4.78, 5) is 22.6. The Hall–Kier alpha value is -2.18. The number of carbonyl (C=O) groups excluding carboxylic acids is 1. The van der Waals surface area contributed by atoms with E-state index < -0.39 is 0 Å². The van der Waals surface area contributed by atoms with Gasteiger partial charge in [0, 0.05) is 38.3 Å². The number of aryl methyl sites for hydroxylation is 2. The molecule has 1 saturated heterocycles. The molecule has 2 aromatic heterocycles. The Bertz CT molecular complexity index is 592. The second-order valence-electron chi connectivity index (χ2n) is 5.20. The van der Waals surface area contributed by atoms with Crippen molar-refractivity contribution in [2.45, 2.75) is 45.2 Å². The lowest BCUT2D eigenvalue weighted by molar-refractivity contribution is -0.132. The summed E-state index contributed by atoms with van der Waals surface area (Å²) in [6.07, 6.45) is 8.37. The summed E-state index contributed by atoms with van der Waals surface area (Å²) in [5.41, 5.74) is 0. The van der Waals surface area contributed by atoms with Gasteiger partial charge < -0.3 is 14.0 Å². The molecule has 1 aliphatic heterocycles. The van der Waals surface area contributed by atoms with Gasteiger partial charge in [0.2, 0.25) is 11.8 Å². The Kier molecular flexibility index (Phi) is 3.98. The number of likely N-dealkylation sites (tertiary alicyclic amines) is 1. The van der Waals surface area contributed by atoms with E-state index in [1.54, 1.807) is 12.5 Å². The summed E-state index contributed by atoms with van der Waals surface area (Å²) in [7, 11) is 0. The molecule has 1 fully saturated rings. The van der Waals surface area contributed by atoms with Gasteiger partial charge in [-0.15, -0.1) is 0 Å². The lowest BCUT2D eigenvalue weighted by Gasteiger charge is -2.22. The van der Waals surface area contributed by atoms with Crippen molar-refractivity contribution in [2.24, 2.45) is 0 Å². The van der Waals surface area contributed by atoms with Gasteiger partial charge in [-0.2, -0.15) is 4.98 Å². The fraction of sp³-hybridized carbons (Fsp3) is 0.571. The van der Waals surface area contributed by atoms with Gasteiger partial charge in [0.05, 0.1) is 12.4 Å². The van der Waals surface area contributed by atoms with Crippen LogP contribution >= 0.6 is 0 Å². The minimum absolute atomic E-state index is 0.0377. The van der Waals surface area contributed by atoms with Crippen molar-refractivity contribution in [1.82, 2.24) is 24.6 Å². The molecule has 1 atom stereocenters. The van der Waals surface area contributed by atoms with Crippen LogP contribution in [0.1, 0.15) is 43.9 Å². The minimum atomic E-state index is -0.0377. The monoisotopic (exact) mass is 289 g/mol. The summed E-state index contributed by atoms with van der Waals surface area (Å²) in [6, 6.07) is -0.0377. The van der Waals surface area contributed by atoms with Crippen molar-refractivity contribution >= 4 is 5.91 Å². The Morgan fingerprint density at radius 3 is 3.14 bits per heavy atom. The maximum absolute atomic E-state index is 12.4. The molecule has 7 heteroatoms. The predicted molar refractivity (Wildman–Crippen MR) is 74.2 cm³/mol. The maximum atomic E-state index is 12.4. The molecular formula is C14H19N5O2. The van der Waals surface area contributed by atoms with Crippen LogP contribution in [0.15, 0.2) is 23.2 Å². The molecule has 0 bridgehead atoms. The molecule has 0 aromatic carbocycles. The van der Waals surface area contributed by atoms with Crippen LogP contribution in [0, 0.1) is 0 Å². The summed E-state index contributed by atoms with van der Waals surface area (Å²) in [6.45, 7) is 3.39. The van der Waals surface area contributed by atoms with E-state index in [1.165, 1.54) is 0 Å². The molecule has 3 heterocycles. The first kappa shape index (κ1) is 13.8. The third-order valence-corrected chi connectivity index (χ3v) is 3.80. The molecule has 0 unspecified atom stereocenters. The van der Waals surface area contributed by atoms with Crippen LogP contribution < -0.4 is 0 Å². The van der Waals surface area contributed by atoms with Crippen LogP contribution in [0.3, 0.4) is 0 Å². The molecule has 0 saturated carbocycles. The first-order valence-electron chi connectivity index (χ1n) is 7.35. The number of hydrogen-bond acceptors (Lipinski definition) is 5. The van der Waals surface area contributed by atoms with Crippen LogP contribution in [0.2, 0.25) is 0 Å². The molecule has 2 aromatic rings. The lowest BCUT2D eigenvalue weighted by atomic mass is 10.2. The standard InChI is InChI=1S/C14H19N5O2/c1-2-12-16-14(17-21-12)11-4-3-7-19(11)13(20)5-8-18-9-6-15-10-18/h6,9-11H,2-5,7-8H2,1H3/t11-/m1/s1. The van der Waals surface area contributed by atoms with E-state index >= 15 is 0 Å². The maximum Gasteiger partial charge on any atom is 0.226 e. The Morgan fingerprint density at radius 2 is 2.43 bits per heavy atom. The molecule has 112 valence electrons. The fourth-order valence-corrected chi connectivity index (χ4v) is 2.67. The van der Waals surface area contributed by atoms with E-state index in [4.69, 9.17) is 4.52 Å². The van der Waals surface area contributed by atoms with Crippen LogP contribution in [-0.4, -0.2) is 37.0 Å². The van der Waals surface area contributed by atoms with E-state index in [-0.39, 0.29) is 11.9 Å². The first-order valence-corrected chi connectivity index (χ1v) is 7.35. The molecule has 7 nitrogen and oxygen atoms in total. The minimum Gasteiger partial charge on any atom is -0.339 e. The van der Waals surface area contributed by atoms with Gasteiger partial charge in [-0.25, -0.2) is 4.98 Å². The molecule has 0 spiro atoms. The van der Waals surface area contributed by atoms with Crippen molar-refractivity contribution in [3.8, 4) is 0 Å². The van der Waals surface area contributed by atoms with Gasteiger partial charge in [-0.1, -0.05) is 12.1 Å². The number of rotatable bonds is 5. The molecule has 21 heavy (non-hydrogen) atoms. The number of amides is 1. The zero-order valence-corrected chi connectivity index (χ0v) is 12.1. The Labute approximate surface area is 123 Å². The molecule has 1 amide bonds. The van der Waals surface area contributed by atoms with Gasteiger partial charge >= 0.3 is 0 Å². The molecule has 0 radical (unpaired) electrons. The molecule has 1 aliphatic rings. The highest BCUT2D eigenvalue weighted by atomic mass is 16.5. The first-order chi connectivity index (χ1) is 10.3. The van der Waals surface area contributed by atoms with E-state index in [1.807, 2.05) is 22.6 Å². The average molecular weight is 289 g/mol. The molecule has 3 rings (SSSR count). The largest absolute Gasteiger partial charge is 0.339 e. The highest BCUT2D eigenvalue weighted by molar-refractivity contribution is 5.76. The second kappa shape index (κ2) is 6.07. The number of imidazole rings is 1. The number of aromatic nitrogens is 4. The quantitative estimate of drug-likeness (QED) is 0.835. The SMILES string of the molecule is CCc1nc([C@H]2CCCN2C(=O)CCn2ccnc2)no1. The highest BCUT2D eigenvalue weighted by Crippen LogP contribution is 2.30. The average Bonchev–Trinajstić information content (AvgIpc) is 3.23. The van der Waals surface area contributed by atoms with Crippen molar-refractivity contribution in [2.75, 3.05) is 6.54 Å². The summed E-state index contributed by atoms with van der Waals surface area (Å²) in [5, 5.41) is 4.02. The molecular weight excluding hydrogens is 270 g/mol. The van der Waals surface area contributed by atoms with Gasteiger partial charge in [0.1, 0.15) is 0 Å². The number of hydrogen-bond donors (Lipinski definition) is 0. The number of nitrogens with zero attached hydrogens (tertiary/aromatic N) is 5. The van der Waals surface area contributed by atoms with Crippen LogP contribution in [0.4, 0.5) is 0 Å². The normalized spacial score (nSPS) is 18.3. The molecule has 0 aliphatic carbocycles. The van der Waals surface area contributed by atoms with E-state index in [0.29, 0.717) is 31.1 Å². The van der Waals surface area contributed by atoms with Gasteiger partial charge in [0.15, 0.2) is 5.82 Å². The lowest BCUT2D eigenvalue weighted by Crippen LogP contribution is -2.31. The van der Waals surface area contributed by atoms with Gasteiger partial charge in [0.25, 0.3) is 0 Å². The number of carbonyl (C=O) groups is 1. The third-order valence-electron chi connectivity index (χ3n) is 3.80. The summed E-state index contributed by atoms with van der Waals surface area (Å²) >= 11 is 0. The zero-order chi connectivity index (χ0) is 14.7. The van der Waals surface area contributed by atoms with E-state index in [2.05, 4.69) is 15.1 Å². The fourth-order valence-electron chi connectivity index (χ4n) is 2.67. The third kappa shape index (κ3) is 2.96. The van der Waals surface area contributed by atoms with Crippen molar-refractivity contribution in [3.63, 3.8) is 0 Å². The van der Waals surface area contributed by atoms with Crippen LogP contribution in [0.5, 0.6) is 0 Å². The second-order valence-corrected chi connectivity index (χ2v) is 5.20. The molecule has 0 N–H and O–H groups in total. The van der Waals surface area contributed by atoms with Crippen LogP contribution in [-0.2, 0) is 17.8 Å². The highest BCUT2D eigenvalue weighted by Gasteiger charge is 2.32. The zero-order valence-electron chi connectivity index (χ0n) is 12.1.